The van der Waals surface area contributed by atoms with Crippen molar-refractivity contribution < 1.29 is 42.6 Å². The number of aliphatic hydroxyl groups excluding tert-OH is 1. The maximum Gasteiger partial charge on any atom is 0.0597 e. The fourth-order valence-electron chi connectivity index (χ4n) is 1.27. The molecule has 0 unspecified atom stereocenters. The van der Waals surface area contributed by atoms with Crippen LogP contribution in [0, 0.1) is 13.0 Å². The molecule has 1 N–H and O–H groups in total. The average molecular weight is 306 g/mol. The van der Waals surface area contributed by atoms with E-state index in [1.165, 1.54) is 11.8 Å². The number of carbonyl (C=O) groups excluding carboxylic acids is 1. The van der Waals surface area contributed by atoms with E-state index < -0.39 is 0 Å². The third-order valence-corrected chi connectivity index (χ3v) is 2.96. The molecule has 1 aromatic rings. The third-order valence-electron chi connectivity index (χ3n) is 2.11. The van der Waals surface area contributed by atoms with Gasteiger partial charge in [-0.25, -0.2) is 11.8 Å². The van der Waals surface area contributed by atoms with Crippen LogP contribution in [0.3, 0.4) is 0 Å². The Hall–Kier alpha value is -0.376. The van der Waals surface area contributed by atoms with Gasteiger partial charge in [-0.2, -0.15) is 6.08 Å². The molecule has 0 saturated carbocycles. The molecule has 4 heteroatoms. The zero-order chi connectivity index (χ0) is 10.8. The van der Waals surface area contributed by atoms with Crippen molar-refractivity contribution in [2.75, 3.05) is 0 Å². The van der Waals surface area contributed by atoms with Crippen LogP contribution in [0.2, 0.25) is 0 Å². The van der Waals surface area contributed by atoms with Crippen LogP contribution in [-0.4, -0.2) is 10.9 Å². The van der Waals surface area contributed by atoms with Crippen molar-refractivity contribution in [1.29, 1.82) is 0 Å². The van der Waals surface area contributed by atoms with E-state index in [-0.39, 0.29) is 44.3 Å². The fraction of sp³-hybridized carbons (Fsp3) is 0.0833. The first kappa shape index (κ1) is 13.7. The van der Waals surface area contributed by atoms with Gasteiger partial charge in [-0.1, -0.05) is 34.7 Å². The summed E-state index contributed by atoms with van der Waals surface area (Å²) in [6.45, 7) is 1.97. The Balaban J connectivity index is 0.00000128. The minimum atomic E-state index is -0.252. The standard InChI is InChI=1S/C12H9O2S.Y/c1-8-2-4-9(5-3-8)11(14)12-10(13)6-7-15-12;/h2-5,7,14H,1H3;/q-1;/b12-11+;. The number of Topliss-reactive ketones (excluding diaryl/α,β-unsaturated/α-hetero) is 1. The number of hydrogen-bond donors (Lipinski definition) is 1. The van der Waals surface area contributed by atoms with Gasteiger partial charge < -0.3 is 9.90 Å². The molecule has 1 aromatic carbocycles. The van der Waals surface area contributed by atoms with E-state index in [0.717, 1.165) is 5.56 Å². The van der Waals surface area contributed by atoms with Gasteiger partial charge in [0, 0.05) is 38.5 Å². The number of aryl methyl sites for hydroxylation is 1. The Labute approximate surface area is 124 Å². The molecule has 1 radical (unpaired) electrons. The van der Waals surface area contributed by atoms with Crippen LogP contribution >= 0.6 is 11.8 Å². The van der Waals surface area contributed by atoms with Crippen LogP contribution in [0.25, 0.3) is 5.76 Å². The molecule has 0 fully saturated rings. The first-order valence-electron chi connectivity index (χ1n) is 4.48. The molecule has 0 amide bonds. The van der Waals surface area contributed by atoms with Crippen molar-refractivity contribution in [1.82, 2.24) is 0 Å². The van der Waals surface area contributed by atoms with E-state index in [1.807, 2.05) is 19.1 Å². The fourth-order valence-corrected chi connectivity index (χ4v) is 1.95. The average Bonchev–Trinajstić information content (AvgIpc) is 2.65. The van der Waals surface area contributed by atoms with E-state index >= 15 is 0 Å². The summed E-state index contributed by atoms with van der Waals surface area (Å²) in [4.78, 5) is 11.6. The van der Waals surface area contributed by atoms with Crippen molar-refractivity contribution >= 4 is 23.3 Å². The van der Waals surface area contributed by atoms with Crippen LogP contribution in [0.1, 0.15) is 11.1 Å². The molecule has 79 valence electrons. The number of allylic oxidation sites excluding steroid dienone is 2. The van der Waals surface area contributed by atoms with Gasteiger partial charge in [0.1, 0.15) is 0 Å². The second kappa shape index (κ2) is 5.80. The number of rotatable bonds is 1. The zero-order valence-corrected chi connectivity index (χ0v) is 12.4. The number of thioether (sulfide) groups is 1. The Morgan fingerprint density at radius 3 is 2.44 bits per heavy atom. The van der Waals surface area contributed by atoms with E-state index in [2.05, 4.69) is 6.08 Å². The van der Waals surface area contributed by atoms with Crippen LogP contribution in [0.5, 0.6) is 0 Å². The molecule has 0 saturated heterocycles. The molecular formula is C12H9O2SY-. The van der Waals surface area contributed by atoms with Crippen molar-refractivity contribution in [2.24, 2.45) is 0 Å². The van der Waals surface area contributed by atoms with Crippen molar-refractivity contribution in [2.45, 2.75) is 6.92 Å². The molecule has 1 aliphatic rings. The zero-order valence-electron chi connectivity index (χ0n) is 8.73. The Morgan fingerprint density at radius 1 is 1.31 bits per heavy atom. The smallest absolute Gasteiger partial charge is 0.0597 e. The Morgan fingerprint density at radius 2 is 1.94 bits per heavy atom. The van der Waals surface area contributed by atoms with Gasteiger partial charge in [0.05, 0.1) is 5.76 Å². The van der Waals surface area contributed by atoms with E-state index in [4.69, 9.17) is 0 Å². The molecule has 0 bridgehead atoms. The van der Waals surface area contributed by atoms with E-state index in [0.29, 0.717) is 10.5 Å². The van der Waals surface area contributed by atoms with Gasteiger partial charge >= 0.3 is 0 Å². The van der Waals surface area contributed by atoms with Crippen LogP contribution in [0.4, 0.5) is 0 Å². The summed E-state index contributed by atoms with van der Waals surface area (Å²) in [5, 5.41) is 11.4. The van der Waals surface area contributed by atoms with Crippen molar-refractivity contribution in [3.63, 3.8) is 0 Å². The Kier molecular flexibility index (Phi) is 4.97. The van der Waals surface area contributed by atoms with Gasteiger partial charge in [-0.05, 0) is 12.5 Å². The van der Waals surface area contributed by atoms with E-state index in [1.54, 1.807) is 17.5 Å². The summed E-state index contributed by atoms with van der Waals surface area (Å²) >= 11 is 1.20. The van der Waals surface area contributed by atoms with E-state index in [9.17, 15) is 9.90 Å². The third kappa shape index (κ3) is 2.85. The van der Waals surface area contributed by atoms with Gasteiger partial charge in [0.25, 0.3) is 0 Å². The maximum atomic E-state index is 11.3. The topological polar surface area (TPSA) is 37.3 Å². The molecular weight excluding hydrogens is 297 g/mol. The molecule has 0 aliphatic carbocycles. The molecule has 2 rings (SSSR count). The van der Waals surface area contributed by atoms with Gasteiger partial charge in [0.15, 0.2) is 0 Å². The second-order valence-corrected chi connectivity index (χ2v) is 4.13. The molecule has 0 aromatic heterocycles. The maximum absolute atomic E-state index is 11.3. The Bertz CT molecular complexity index is 460. The molecule has 1 aliphatic heterocycles. The summed E-state index contributed by atoms with van der Waals surface area (Å²) < 4.78 is 0. The first-order valence-corrected chi connectivity index (χ1v) is 5.36. The first-order chi connectivity index (χ1) is 7.18. The molecule has 0 atom stereocenters. The number of carbonyl (C=O) groups is 1. The van der Waals surface area contributed by atoms with Crippen LogP contribution in [0.15, 0.2) is 34.6 Å². The summed E-state index contributed by atoms with van der Waals surface area (Å²) in [5.74, 6) is -0.218. The SMILES string of the molecule is Cc1ccc(/C(O)=C2\SC=[C-]C2=O)cc1.[Y]. The molecule has 0 spiro atoms. The van der Waals surface area contributed by atoms with Crippen LogP contribution in [-0.2, 0) is 37.5 Å². The number of benzene rings is 1. The monoisotopic (exact) mass is 306 g/mol. The summed E-state index contributed by atoms with van der Waals surface area (Å²) in [7, 11) is 0. The van der Waals surface area contributed by atoms with Gasteiger partial charge in [-0.3, -0.25) is 0 Å². The molecule has 1 heterocycles. The minimum Gasteiger partial charge on any atom is -0.525 e. The van der Waals surface area contributed by atoms with Gasteiger partial charge in [0.2, 0.25) is 0 Å². The summed E-state index contributed by atoms with van der Waals surface area (Å²) in [5.41, 5.74) is 1.78. The normalized spacial score (nSPS) is 17.2. The number of ketones is 1. The number of hydrogen-bond acceptors (Lipinski definition) is 3. The predicted octanol–water partition coefficient (Wildman–Crippen LogP) is 2.85. The minimum absolute atomic E-state index is 0. The van der Waals surface area contributed by atoms with Crippen LogP contribution < -0.4 is 0 Å². The largest absolute Gasteiger partial charge is 0.525 e. The number of aliphatic hydroxyl groups is 1. The van der Waals surface area contributed by atoms with Gasteiger partial charge in [-0.15, -0.1) is 5.41 Å². The predicted molar refractivity (Wildman–Crippen MR) is 61.1 cm³/mol. The summed E-state index contributed by atoms with van der Waals surface area (Å²) in [6, 6.07) is 7.38. The quantitative estimate of drug-likeness (QED) is 0.492. The van der Waals surface area contributed by atoms with Crippen molar-refractivity contribution in [3.05, 3.63) is 51.8 Å². The van der Waals surface area contributed by atoms with Crippen molar-refractivity contribution in [3.8, 4) is 0 Å². The molecule has 16 heavy (non-hydrogen) atoms. The molecule has 2 nitrogen and oxygen atoms in total. The second-order valence-electron chi connectivity index (χ2n) is 3.25. The summed E-state index contributed by atoms with van der Waals surface area (Å²) in [6.07, 6.45) is 2.51.